The molecule has 1 atom stereocenters. The molecule has 1 amide bonds. The van der Waals surface area contributed by atoms with Crippen LogP contribution in [0.15, 0.2) is 41.1 Å². The Balaban J connectivity index is 1.49. The zero-order chi connectivity index (χ0) is 37.5. The standard InChI is InChI=1S/C38H51FN6O5Si/c1-23-33(32-24(2)43-49-25(32)3)41-34(42-35(23)45-19-26-14-13-17-40-31(26)21-45)29-18-27(15-16-30(29)39)47-22-28(50-51(11,12)38(7,8)9)20-44(10)36(46)48-37(4,5)6/h13-18,28H,19-22H2,1-12H3/t28-/m1/s1. The second-order valence-corrected chi connectivity index (χ2v) is 20.6. The smallest absolute Gasteiger partial charge is 0.410 e. The van der Waals surface area contributed by atoms with E-state index in [1.54, 1.807) is 25.4 Å². The number of likely N-dealkylation sites (N-methyl/N-ethyl adjacent to an activating group) is 1. The molecular formula is C38H51FN6O5Si. The molecule has 11 nitrogen and oxygen atoms in total. The van der Waals surface area contributed by atoms with Gasteiger partial charge in [0.1, 0.15) is 35.4 Å². The van der Waals surface area contributed by atoms with Crippen molar-refractivity contribution in [1.29, 1.82) is 0 Å². The van der Waals surface area contributed by atoms with E-state index in [9.17, 15) is 4.79 Å². The van der Waals surface area contributed by atoms with Crippen LogP contribution in [0.5, 0.6) is 5.75 Å². The number of benzene rings is 1. The minimum Gasteiger partial charge on any atom is -0.491 e. The van der Waals surface area contributed by atoms with E-state index in [1.807, 2.05) is 47.6 Å². The van der Waals surface area contributed by atoms with Crippen molar-refractivity contribution in [2.45, 2.75) is 105 Å². The summed E-state index contributed by atoms with van der Waals surface area (Å²) in [4.78, 5) is 31.0. The summed E-state index contributed by atoms with van der Waals surface area (Å²) in [7, 11) is -0.594. The van der Waals surface area contributed by atoms with Crippen LogP contribution in [0.2, 0.25) is 18.1 Å². The molecule has 274 valence electrons. The lowest BCUT2D eigenvalue weighted by Gasteiger charge is -2.40. The molecule has 13 heteroatoms. The largest absolute Gasteiger partial charge is 0.491 e. The zero-order valence-corrected chi connectivity index (χ0v) is 33.0. The highest BCUT2D eigenvalue weighted by atomic mass is 28.4. The van der Waals surface area contributed by atoms with E-state index in [0.29, 0.717) is 41.8 Å². The van der Waals surface area contributed by atoms with Gasteiger partial charge < -0.3 is 28.2 Å². The molecule has 4 heterocycles. The third kappa shape index (κ3) is 8.58. The molecule has 0 saturated heterocycles. The average molecular weight is 719 g/mol. The van der Waals surface area contributed by atoms with Crippen molar-refractivity contribution in [3.63, 3.8) is 0 Å². The predicted molar refractivity (Wildman–Crippen MR) is 198 cm³/mol. The minimum atomic E-state index is -2.28. The molecule has 0 N–H and O–H groups in total. The van der Waals surface area contributed by atoms with Gasteiger partial charge in [0.15, 0.2) is 14.1 Å². The number of amides is 1. The Hall–Kier alpha value is -4.36. The molecule has 0 saturated carbocycles. The number of pyridine rings is 1. The third-order valence-electron chi connectivity index (χ3n) is 9.44. The number of carbonyl (C=O) groups is 1. The maximum Gasteiger partial charge on any atom is 0.410 e. The number of hydrogen-bond acceptors (Lipinski definition) is 10. The molecule has 3 aromatic heterocycles. The molecule has 0 bridgehead atoms. The Morgan fingerprint density at radius 2 is 1.80 bits per heavy atom. The zero-order valence-electron chi connectivity index (χ0n) is 32.0. The van der Waals surface area contributed by atoms with Crippen molar-refractivity contribution in [3.05, 3.63) is 70.6 Å². The Morgan fingerprint density at radius 3 is 2.43 bits per heavy atom. The van der Waals surface area contributed by atoms with Gasteiger partial charge in [0.2, 0.25) is 0 Å². The number of anilines is 1. The molecule has 1 aliphatic rings. The summed E-state index contributed by atoms with van der Waals surface area (Å²) in [5.74, 6) is 1.41. The quantitative estimate of drug-likeness (QED) is 0.148. The van der Waals surface area contributed by atoms with E-state index in [2.05, 4.69) is 55.0 Å². The molecule has 0 spiro atoms. The first kappa shape index (κ1) is 37.9. The van der Waals surface area contributed by atoms with E-state index in [0.717, 1.165) is 22.4 Å². The second-order valence-electron chi connectivity index (χ2n) is 15.8. The first-order chi connectivity index (χ1) is 23.7. The Morgan fingerprint density at radius 1 is 1.08 bits per heavy atom. The number of aryl methyl sites for hydroxylation is 2. The fraction of sp³-hybridized carbons (Fsp3) is 0.500. The number of carbonyl (C=O) groups excluding carboxylic acids is 1. The van der Waals surface area contributed by atoms with E-state index < -0.39 is 31.9 Å². The maximum atomic E-state index is 15.8. The normalized spacial score (nSPS) is 14.0. The molecule has 4 aromatic rings. The Bertz CT molecular complexity index is 1860. The number of aromatic nitrogens is 4. The summed E-state index contributed by atoms with van der Waals surface area (Å²) in [5, 5.41) is 4.08. The van der Waals surface area contributed by atoms with Gasteiger partial charge in [-0.3, -0.25) is 4.98 Å². The van der Waals surface area contributed by atoms with E-state index in [1.165, 1.54) is 11.0 Å². The molecule has 0 radical (unpaired) electrons. The summed E-state index contributed by atoms with van der Waals surface area (Å²) in [6.45, 7) is 23.5. The molecular weight excluding hydrogens is 668 g/mol. The number of ether oxygens (including phenoxy) is 2. The second kappa shape index (κ2) is 14.3. The molecule has 1 aliphatic heterocycles. The monoisotopic (exact) mass is 718 g/mol. The van der Waals surface area contributed by atoms with E-state index in [4.69, 9.17) is 28.4 Å². The molecule has 5 rings (SSSR count). The van der Waals surface area contributed by atoms with Gasteiger partial charge in [-0.2, -0.15) is 0 Å². The van der Waals surface area contributed by atoms with Gasteiger partial charge in [0, 0.05) is 25.4 Å². The van der Waals surface area contributed by atoms with Crippen molar-refractivity contribution in [2.75, 3.05) is 25.1 Å². The lowest BCUT2D eigenvalue weighted by Crippen LogP contribution is -2.49. The number of rotatable bonds is 10. The van der Waals surface area contributed by atoms with Gasteiger partial charge in [0.25, 0.3) is 0 Å². The number of fused-ring (bicyclic) bond motifs is 1. The van der Waals surface area contributed by atoms with Crippen molar-refractivity contribution in [1.82, 2.24) is 25.0 Å². The van der Waals surface area contributed by atoms with Crippen molar-refractivity contribution >= 4 is 20.2 Å². The number of halogens is 1. The first-order valence-corrected chi connectivity index (χ1v) is 20.2. The average Bonchev–Trinajstić information content (AvgIpc) is 3.61. The van der Waals surface area contributed by atoms with Crippen LogP contribution in [0.1, 0.15) is 69.8 Å². The Kier molecular flexibility index (Phi) is 10.6. The van der Waals surface area contributed by atoms with Crippen molar-refractivity contribution in [2.24, 2.45) is 0 Å². The summed E-state index contributed by atoms with van der Waals surface area (Å²) >= 11 is 0. The predicted octanol–water partition coefficient (Wildman–Crippen LogP) is 8.41. The van der Waals surface area contributed by atoms with Crippen molar-refractivity contribution in [3.8, 4) is 28.4 Å². The van der Waals surface area contributed by atoms with Gasteiger partial charge in [-0.25, -0.2) is 19.2 Å². The summed E-state index contributed by atoms with van der Waals surface area (Å²) in [5.41, 5.74) is 4.51. The van der Waals surface area contributed by atoms with Gasteiger partial charge in [-0.05, 0) is 89.5 Å². The Labute approximate surface area is 301 Å². The van der Waals surface area contributed by atoms with Crippen LogP contribution in [0.4, 0.5) is 15.0 Å². The topological polar surface area (TPSA) is 116 Å². The van der Waals surface area contributed by atoms with Crippen LogP contribution in [0.3, 0.4) is 0 Å². The van der Waals surface area contributed by atoms with Crippen LogP contribution in [0, 0.1) is 26.6 Å². The fourth-order valence-corrected chi connectivity index (χ4v) is 7.07. The first-order valence-electron chi connectivity index (χ1n) is 17.3. The van der Waals surface area contributed by atoms with Crippen LogP contribution in [-0.4, -0.2) is 71.3 Å². The third-order valence-corrected chi connectivity index (χ3v) is 14.0. The maximum absolute atomic E-state index is 15.8. The van der Waals surface area contributed by atoms with Crippen LogP contribution in [0.25, 0.3) is 22.6 Å². The van der Waals surface area contributed by atoms with Crippen LogP contribution < -0.4 is 9.64 Å². The van der Waals surface area contributed by atoms with Crippen LogP contribution >= 0.6 is 0 Å². The number of hydrogen-bond donors (Lipinski definition) is 0. The van der Waals surface area contributed by atoms with Crippen molar-refractivity contribution < 1.29 is 27.6 Å². The SMILES string of the molecule is Cc1noc(C)c1-c1nc(-c2cc(OC[C@@H](CN(C)C(=O)OC(C)(C)C)O[Si](C)(C)C(C)(C)C)ccc2F)nc(N2Cc3cccnc3C2)c1C. The lowest BCUT2D eigenvalue weighted by atomic mass is 10.0. The van der Waals surface area contributed by atoms with E-state index >= 15 is 4.39 Å². The van der Waals surface area contributed by atoms with Gasteiger partial charge in [-0.15, -0.1) is 0 Å². The van der Waals surface area contributed by atoms with Gasteiger partial charge in [-0.1, -0.05) is 32.0 Å². The summed E-state index contributed by atoms with van der Waals surface area (Å²) in [6, 6.07) is 8.53. The highest BCUT2D eigenvalue weighted by molar-refractivity contribution is 6.74. The molecule has 51 heavy (non-hydrogen) atoms. The highest BCUT2D eigenvalue weighted by Crippen LogP contribution is 2.39. The van der Waals surface area contributed by atoms with Crippen LogP contribution in [-0.2, 0) is 22.3 Å². The molecule has 0 fully saturated rings. The summed E-state index contributed by atoms with van der Waals surface area (Å²) < 4.78 is 40.0. The molecule has 0 aliphatic carbocycles. The lowest BCUT2D eigenvalue weighted by molar-refractivity contribution is 0.0172. The minimum absolute atomic E-state index is 0.0784. The molecule has 0 unspecified atom stereocenters. The highest BCUT2D eigenvalue weighted by Gasteiger charge is 2.40. The van der Waals surface area contributed by atoms with Gasteiger partial charge in [0.05, 0.1) is 47.4 Å². The summed E-state index contributed by atoms with van der Waals surface area (Å²) in [6.07, 6.45) is 0.859. The molecule has 1 aromatic carbocycles. The van der Waals surface area contributed by atoms with Gasteiger partial charge >= 0.3 is 6.09 Å². The van der Waals surface area contributed by atoms with E-state index in [-0.39, 0.29) is 29.6 Å². The number of nitrogens with zero attached hydrogens (tertiary/aromatic N) is 6. The fourth-order valence-electron chi connectivity index (χ4n) is 5.74.